The van der Waals surface area contributed by atoms with Crippen LogP contribution < -0.4 is 5.73 Å². The van der Waals surface area contributed by atoms with Crippen LogP contribution in [-0.4, -0.2) is 0 Å². The molecule has 0 spiro atoms. The second kappa shape index (κ2) is 10.6. The molecule has 2 heteroatoms. The second-order valence-corrected chi connectivity index (χ2v) is 2.27. The molecular formula is C7H15NS. The molecule has 0 aromatic carbocycles. The molecular weight excluding hydrogens is 130 g/mol. The van der Waals surface area contributed by atoms with Crippen molar-refractivity contribution in [2.45, 2.75) is 20.8 Å². The average molecular weight is 145 g/mol. The van der Waals surface area contributed by atoms with Crippen LogP contribution in [0.25, 0.3) is 0 Å². The highest BCUT2D eigenvalue weighted by atomic mass is 32.2. The Balaban J connectivity index is 0. The number of nitrogens with two attached hydrogens (primary N) is 1. The fraction of sp³-hybridized carbons (Fsp3) is 0.429. The first-order valence-electron chi connectivity index (χ1n) is 2.97. The Morgan fingerprint density at radius 3 is 2.11 bits per heavy atom. The quantitative estimate of drug-likeness (QED) is 0.646. The van der Waals surface area contributed by atoms with E-state index < -0.39 is 0 Å². The van der Waals surface area contributed by atoms with Crippen LogP contribution in [0.5, 0.6) is 0 Å². The van der Waals surface area contributed by atoms with E-state index in [1.807, 2.05) is 20.8 Å². The van der Waals surface area contributed by atoms with Crippen LogP contribution >= 0.6 is 11.8 Å². The van der Waals surface area contributed by atoms with Crippen molar-refractivity contribution in [3.63, 3.8) is 0 Å². The van der Waals surface area contributed by atoms with Crippen molar-refractivity contribution < 1.29 is 0 Å². The fourth-order valence-electron chi connectivity index (χ4n) is 0.171. The summed E-state index contributed by atoms with van der Waals surface area (Å²) in [7, 11) is 0. The Morgan fingerprint density at radius 1 is 1.56 bits per heavy atom. The maximum absolute atomic E-state index is 5.13. The molecule has 0 atom stereocenters. The molecule has 9 heavy (non-hydrogen) atoms. The minimum Gasteiger partial charge on any atom is -0.404 e. The lowest BCUT2D eigenvalue weighted by Gasteiger charge is -1.86. The summed E-state index contributed by atoms with van der Waals surface area (Å²) in [6.45, 7) is 9.45. The van der Waals surface area contributed by atoms with E-state index in [0.717, 1.165) is 4.91 Å². The van der Waals surface area contributed by atoms with Crippen molar-refractivity contribution in [3.8, 4) is 0 Å². The molecule has 0 aliphatic heterocycles. The zero-order chi connectivity index (χ0) is 7.70. The molecule has 0 amide bonds. The summed E-state index contributed by atoms with van der Waals surface area (Å²) >= 11 is 1.53. The van der Waals surface area contributed by atoms with Gasteiger partial charge in [0.25, 0.3) is 0 Å². The van der Waals surface area contributed by atoms with Gasteiger partial charge in [0, 0.05) is 11.1 Å². The van der Waals surface area contributed by atoms with E-state index in [1.54, 1.807) is 11.6 Å². The van der Waals surface area contributed by atoms with Crippen LogP contribution in [0.3, 0.4) is 0 Å². The number of rotatable bonds is 2. The zero-order valence-corrected chi connectivity index (χ0v) is 7.16. The summed E-state index contributed by atoms with van der Waals surface area (Å²) in [4.78, 5) is 1.08. The van der Waals surface area contributed by atoms with E-state index >= 15 is 0 Å². The van der Waals surface area contributed by atoms with E-state index in [0.29, 0.717) is 0 Å². The molecule has 0 heterocycles. The maximum atomic E-state index is 5.13. The normalized spacial score (nSPS) is 9.44. The predicted molar refractivity (Wildman–Crippen MR) is 47.1 cm³/mol. The van der Waals surface area contributed by atoms with Crippen LogP contribution in [0.2, 0.25) is 0 Å². The molecule has 0 radical (unpaired) electrons. The second-order valence-electron chi connectivity index (χ2n) is 1.06. The third-order valence-electron chi connectivity index (χ3n) is 0.504. The third kappa shape index (κ3) is 11.3. The number of thioether (sulfide) groups is 1. The molecule has 0 aliphatic carbocycles. The van der Waals surface area contributed by atoms with Gasteiger partial charge in [-0.05, 0) is 12.3 Å². The minimum atomic E-state index is 1.08. The highest BCUT2D eigenvalue weighted by Crippen LogP contribution is 2.11. The monoisotopic (exact) mass is 145 g/mol. The summed E-state index contributed by atoms with van der Waals surface area (Å²) in [5.74, 6) is 0. The summed E-state index contributed by atoms with van der Waals surface area (Å²) in [5.41, 5.74) is 5.13. The predicted octanol–water partition coefficient (Wildman–Crippen LogP) is 2.71. The van der Waals surface area contributed by atoms with Crippen LogP contribution in [0.15, 0.2) is 23.1 Å². The zero-order valence-electron chi connectivity index (χ0n) is 6.35. The van der Waals surface area contributed by atoms with Gasteiger partial charge in [-0.15, -0.1) is 11.8 Å². The van der Waals surface area contributed by atoms with Gasteiger partial charge < -0.3 is 5.73 Å². The first-order valence-corrected chi connectivity index (χ1v) is 3.85. The molecule has 0 aliphatic rings. The number of hydrogen-bond acceptors (Lipinski definition) is 2. The molecule has 0 fully saturated rings. The van der Waals surface area contributed by atoms with Crippen molar-refractivity contribution in [2.75, 3.05) is 0 Å². The molecule has 0 unspecified atom stereocenters. The minimum absolute atomic E-state index is 1.08. The van der Waals surface area contributed by atoms with Crippen molar-refractivity contribution in [1.82, 2.24) is 0 Å². The third-order valence-corrected chi connectivity index (χ3v) is 1.18. The molecule has 1 nitrogen and oxygen atoms in total. The standard InChI is InChI=1S/C5H9NS.C2H6/c1-3-7-5(2)4-6;1-2/h3-4H,1,6H2,2H3;1-2H3/b5-4-;. The largest absolute Gasteiger partial charge is 0.404 e. The molecule has 0 saturated heterocycles. The molecule has 0 rings (SSSR count). The SMILES string of the molecule is C=CS/C(C)=C\N.CC. The van der Waals surface area contributed by atoms with Crippen LogP contribution in [0, 0.1) is 0 Å². The van der Waals surface area contributed by atoms with Gasteiger partial charge in [-0.1, -0.05) is 20.4 Å². The Hall–Kier alpha value is -0.370. The maximum Gasteiger partial charge on any atom is 0.00351 e. The van der Waals surface area contributed by atoms with Gasteiger partial charge >= 0.3 is 0 Å². The Bertz CT molecular complexity index is 86.9. The van der Waals surface area contributed by atoms with Gasteiger partial charge in [0.15, 0.2) is 0 Å². The van der Waals surface area contributed by atoms with E-state index in [1.165, 1.54) is 11.8 Å². The highest BCUT2D eigenvalue weighted by molar-refractivity contribution is 8.05. The molecule has 0 bridgehead atoms. The van der Waals surface area contributed by atoms with Crippen molar-refractivity contribution in [1.29, 1.82) is 0 Å². The van der Waals surface area contributed by atoms with Crippen molar-refractivity contribution in [3.05, 3.63) is 23.1 Å². The lowest BCUT2D eigenvalue weighted by atomic mass is 10.7. The van der Waals surface area contributed by atoms with Gasteiger partial charge in [-0.2, -0.15) is 0 Å². The van der Waals surface area contributed by atoms with Crippen LogP contribution in [-0.2, 0) is 0 Å². The molecule has 0 aromatic heterocycles. The summed E-state index contributed by atoms with van der Waals surface area (Å²) < 4.78 is 0. The summed E-state index contributed by atoms with van der Waals surface area (Å²) in [5, 5.41) is 1.75. The van der Waals surface area contributed by atoms with Gasteiger partial charge in [-0.3, -0.25) is 0 Å². The van der Waals surface area contributed by atoms with Gasteiger partial charge in [-0.25, -0.2) is 0 Å². The topological polar surface area (TPSA) is 26.0 Å². The first kappa shape index (κ1) is 11.4. The Kier molecular flexibility index (Phi) is 13.4. The van der Waals surface area contributed by atoms with E-state index in [4.69, 9.17) is 5.73 Å². The number of hydrogen-bond donors (Lipinski definition) is 1. The number of allylic oxidation sites excluding steroid dienone is 1. The summed E-state index contributed by atoms with van der Waals surface area (Å²) in [6, 6.07) is 0. The fourth-order valence-corrected chi connectivity index (χ4v) is 0.512. The lowest BCUT2D eigenvalue weighted by Crippen LogP contribution is -1.77. The van der Waals surface area contributed by atoms with Crippen LogP contribution in [0.4, 0.5) is 0 Å². The highest BCUT2D eigenvalue weighted by Gasteiger charge is 1.77. The molecule has 2 N–H and O–H groups in total. The smallest absolute Gasteiger partial charge is 0.00351 e. The summed E-state index contributed by atoms with van der Waals surface area (Å²) in [6.07, 6.45) is 1.56. The van der Waals surface area contributed by atoms with Gasteiger partial charge in [0.2, 0.25) is 0 Å². The van der Waals surface area contributed by atoms with Gasteiger partial charge in [0.1, 0.15) is 0 Å². The van der Waals surface area contributed by atoms with Crippen molar-refractivity contribution >= 4 is 11.8 Å². The van der Waals surface area contributed by atoms with Crippen molar-refractivity contribution in [2.24, 2.45) is 5.73 Å². The molecule has 0 saturated carbocycles. The molecule has 0 aromatic rings. The first-order chi connectivity index (χ1) is 4.31. The lowest BCUT2D eigenvalue weighted by molar-refractivity contribution is 1.50. The van der Waals surface area contributed by atoms with Gasteiger partial charge in [0.05, 0.1) is 0 Å². The van der Waals surface area contributed by atoms with E-state index in [9.17, 15) is 0 Å². The van der Waals surface area contributed by atoms with E-state index in [-0.39, 0.29) is 0 Å². The van der Waals surface area contributed by atoms with E-state index in [2.05, 4.69) is 6.58 Å². The average Bonchev–Trinajstić information content (AvgIpc) is 1.93. The van der Waals surface area contributed by atoms with Crippen LogP contribution in [0.1, 0.15) is 20.8 Å². The Labute approximate surface area is 62.0 Å². The molecule has 54 valence electrons. The Morgan fingerprint density at radius 2 is 2.00 bits per heavy atom.